The summed E-state index contributed by atoms with van der Waals surface area (Å²) in [5, 5.41) is 12.3. The Bertz CT molecular complexity index is 1030. The van der Waals surface area contributed by atoms with E-state index in [0.717, 1.165) is 22.3 Å². The minimum Gasteiger partial charge on any atom is -0.479 e. The number of fused-ring (bicyclic) bond motifs is 3. The molecule has 33 heavy (non-hydrogen) atoms. The van der Waals surface area contributed by atoms with Gasteiger partial charge in [-0.05, 0) is 41.0 Å². The second kappa shape index (κ2) is 8.89. The topological polar surface area (TPSA) is 95.9 Å². The lowest BCUT2D eigenvalue weighted by Gasteiger charge is -2.31. The molecular weight excluding hydrogens is 420 g/mol. The Hall–Kier alpha value is -3.35. The fourth-order valence-electron chi connectivity index (χ4n) is 4.68. The standard InChI is InChI=1S/C26H30N2O5/c1-4-16(2)22(23(29)28(3)26(13-14-26)24(30)31)27-25(32)33-15-21-19-11-7-5-9-17(19)18-10-6-8-12-20(18)21/h5-12,16,21-22H,4,13-15H2,1-3H3,(H,27,32)(H,30,31)/t16-,22-/m0/s1. The normalized spacial score (nSPS) is 17.3. The van der Waals surface area contributed by atoms with E-state index < -0.39 is 29.6 Å². The molecule has 2 aliphatic rings. The van der Waals surface area contributed by atoms with Gasteiger partial charge in [-0.1, -0.05) is 68.8 Å². The molecule has 7 nitrogen and oxygen atoms in total. The predicted octanol–water partition coefficient (Wildman–Crippen LogP) is 4.02. The van der Waals surface area contributed by atoms with Crippen LogP contribution in [0.5, 0.6) is 0 Å². The number of amides is 2. The third kappa shape index (κ3) is 4.08. The van der Waals surface area contributed by atoms with Crippen molar-refractivity contribution >= 4 is 18.0 Å². The lowest BCUT2D eigenvalue weighted by Crippen LogP contribution is -2.55. The largest absolute Gasteiger partial charge is 0.479 e. The van der Waals surface area contributed by atoms with Crippen LogP contribution < -0.4 is 5.32 Å². The molecule has 0 spiro atoms. The molecule has 0 unspecified atom stereocenters. The van der Waals surface area contributed by atoms with Crippen LogP contribution in [0.15, 0.2) is 48.5 Å². The van der Waals surface area contributed by atoms with Crippen molar-refractivity contribution in [2.75, 3.05) is 13.7 Å². The van der Waals surface area contributed by atoms with Gasteiger partial charge in [-0.25, -0.2) is 9.59 Å². The molecule has 7 heteroatoms. The molecule has 1 saturated carbocycles. The molecule has 4 rings (SSSR count). The van der Waals surface area contributed by atoms with E-state index in [4.69, 9.17) is 4.74 Å². The average Bonchev–Trinajstić information content (AvgIpc) is 3.58. The van der Waals surface area contributed by atoms with Gasteiger partial charge in [0.15, 0.2) is 0 Å². The van der Waals surface area contributed by atoms with Crippen LogP contribution in [0.4, 0.5) is 4.79 Å². The van der Waals surface area contributed by atoms with E-state index >= 15 is 0 Å². The minimum atomic E-state index is -1.16. The van der Waals surface area contributed by atoms with E-state index in [1.54, 1.807) is 0 Å². The first-order valence-electron chi connectivity index (χ1n) is 11.4. The molecule has 2 amide bonds. The molecular formula is C26H30N2O5. The average molecular weight is 451 g/mol. The number of hydrogen-bond acceptors (Lipinski definition) is 4. The van der Waals surface area contributed by atoms with Crippen molar-refractivity contribution < 1.29 is 24.2 Å². The Labute approximate surface area is 193 Å². The number of nitrogens with one attached hydrogen (secondary N) is 1. The summed E-state index contributed by atoms with van der Waals surface area (Å²) in [5.41, 5.74) is 3.33. The van der Waals surface area contributed by atoms with E-state index in [1.807, 2.05) is 50.2 Å². The minimum absolute atomic E-state index is 0.0784. The van der Waals surface area contributed by atoms with Gasteiger partial charge in [0.25, 0.3) is 0 Å². The van der Waals surface area contributed by atoms with Gasteiger partial charge in [0.05, 0.1) is 0 Å². The molecule has 1 fully saturated rings. The number of carbonyl (C=O) groups excluding carboxylic acids is 2. The van der Waals surface area contributed by atoms with Crippen molar-refractivity contribution in [1.29, 1.82) is 0 Å². The molecule has 2 aromatic rings. The van der Waals surface area contributed by atoms with Crippen molar-refractivity contribution in [3.8, 4) is 11.1 Å². The van der Waals surface area contributed by atoms with Crippen LogP contribution in [0.25, 0.3) is 11.1 Å². The van der Waals surface area contributed by atoms with E-state index in [9.17, 15) is 19.5 Å². The molecule has 0 heterocycles. The highest BCUT2D eigenvalue weighted by molar-refractivity contribution is 5.93. The number of carboxylic acid groups (broad SMARTS) is 1. The number of carbonyl (C=O) groups is 3. The van der Waals surface area contributed by atoms with Crippen LogP contribution in [0.1, 0.15) is 50.2 Å². The van der Waals surface area contributed by atoms with Crippen LogP contribution in [-0.4, -0.2) is 53.2 Å². The number of alkyl carbamates (subject to hydrolysis) is 1. The Morgan fingerprint density at radius 3 is 2.12 bits per heavy atom. The number of hydrogen-bond donors (Lipinski definition) is 2. The van der Waals surface area contributed by atoms with Gasteiger partial charge in [-0.3, -0.25) is 4.79 Å². The molecule has 0 bridgehead atoms. The third-order valence-corrected chi connectivity index (χ3v) is 7.19. The summed E-state index contributed by atoms with van der Waals surface area (Å²) in [6.45, 7) is 3.94. The number of likely N-dealkylation sites (N-methyl/N-ethyl adjacent to an activating group) is 1. The quantitative estimate of drug-likeness (QED) is 0.633. The number of nitrogens with zero attached hydrogens (tertiary/aromatic N) is 1. The zero-order valence-electron chi connectivity index (χ0n) is 19.2. The van der Waals surface area contributed by atoms with E-state index in [1.165, 1.54) is 11.9 Å². The maximum Gasteiger partial charge on any atom is 0.407 e. The second-order valence-corrected chi connectivity index (χ2v) is 9.07. The Balaban J connectivity index is 1.46. The van der Waals surface area contributed by atoms with Gasteiger partial charge >= 0.3 is 12.1 Å². The van der Waals surface area contributed by atoms with Gasteiger partial charge in [0, 0.05) is 13.0 Å². The lowest BCUT2D eigenvalue weighted by molar-refractivity contribution is -0.152. The van der Waals surface area contributed by atoms with Gasteiger partial charge < -0.3 is 20.1 Å². The SMILES string of the molecule is CC[C@H](C)[C@H](NC(=O)OCC1c2ccccc2-c2ccccc21)C(=O)N(C)C1(C(=O)O)CC1. The Morgan fingerprint density at radius 2 is 1.64 bits per heavy atom. The molecule has 0 saturated heterocycles. The van der Waals surface area contributed by atoms with Crippen molar-refractivity contribution in [1.82, 2.24) is 10.2 Å². The molecule has 2 aromatic carbocycles. The molecule has 174 valence electrons. The van der Waals surface area contributed by atoms with Crippen molar-refractivity contribution in [3.63, 3.8) is 0 Å². The maximum atomic E-state index is 13.2. The predicted molar refractivity (Wildman–Crippen MR) is 124 cm³/mol. The monoisotopic (exact) mass is 450 g/mol. The smallest absolute Gasteiger partial charge is 0.407 e. The molecule has 0 aromatic heterocycles. The number of rotatable bonds is 8. The molecule has 2 atom stereocenters. The molecule has 2 N–H and O–H groups in total. The van der Waals surface area contributed by atoms with E-state index in [-0.39, 0.29) is 18.4 Å². The second-order valence-electron chi connectivity index (χ2n) is 9.07. The summed E-state index contributed by atoms with van der Waals surface area (Å²) >= 11 is 0. The van der Waals surface area contributed by atoms with Crippen molar-refractivity contribution in [2.45, 2.75) is 50.6 Å². The van der Waals surface area contributed by atoms with Crippen LogP contribution in [0.3, 0.4) is 0 Å². The lowest BCUT2D eigenvalue weighted by atomic mass is 9.97. The third-order valence-electron chi connectivity index (χ3n) is 7.19. The summed E-state index contributed by atoms with van der Waals surface area (Å²) in [6.07, 6.45) is 0.809. The van der Waals surface area contributed by atoms with Gasteiger partial charge in [0.1, 0.15) is 18.2 Å². The van der Waals surface area contributed by atoms with E-state index in [2.05, 4.69) is 17.4 Å². The first kappa shape index (κ1) is 22.8. The Morgan fingerprint density at radius 1 is 1.09 bits per heavy atom. The summed E-state index contributed by atoms with van der Waals surface area (Å²) < 4.78 is 5.61. The maximum absolute atomic E-state index is 13.2. The summed E-state index contributed by atoms with van der Waals surface area (Å²) in [6, 6.07) is 15.3. The van der Waals surface area contributed by atoms with Crippen LogP contribution in [0, 0.1) is 5.92 Å². The van der Waals surface area contributed by atoms with Crippen LogP contribution in [-0.2, 0) is 14.3 Å². The first-order valence-corrected chi connectivity index (χ1v) is 11.4. The summed E-state index contributed by atoms with van der Waals surface area (Å²) in [5.74, 6) is -1.67. The Kier molecular flexibility index (Phi) is 6.15. The van der Waals surface area contributed by atoms with Gasteiger partial charge in [0.2, 0.25) is 5.91 Å². The number of carboxylic acids is 1. The fourth-order valence-corrected chi connectivity index (χ4v) is 4.68. The zero-order valence-corrected chi connectivity index (χ0v) is 19.2. The molecule has 2 aliphatic carbocycles. The molecule has 0 radical (unpaired) electrons. The molecule has 0 aliphatic heterocycles. The first-order chi connectivity index (χ1) is 15.8. The summed E-state index contributed by atoms with van der Waals surface area (Å²) in [7, 11) is 1.50. The highest BCUT2D eigenvalue weighted by atomic mass is 16.5. The van der Waals surface area contributed by atoms with Crippen LogP contribution >= 0.6 is 0 Å². The summed E-state index contributed by atoms with van der Waals surface area (Å²) in [4.78, 5) is 38.8. The van der Waals surface area contributed by atoms with Crippen molar-refractivity contribution in [3.05, 3.63) is 59.7 Å². The number of benzene rings is 2. The fraction of sp³-hybridized carbons (Fsp3) is 0.423. The zero-order chi connectivity index (χ0) is 23.8. The van der Waals surface area contributed by atoms with Crippen molar-refractivity contribution in [2.24, 2.45) is 5.92 Å². The van der Waals surface area contributed by atoms with Gasteiger partial charge in [-0.15, -0.1) is 0 Å². The highest BCUT2D eigenvalue weighted by Gasteiger charge is 2.56. The number of ether oxygens (including phenoxy) is 1. The highest BCUT2D eigenvalue weighted by Crippen LogP contribution is 2.44. The van der Waals surface area contributed by atoms with Gasteiger partial charge in [-0.2, -0.15) is 0 Å². The van der Waals surface area contributed by atoms with E-state index in [0.29, 0.717) is 19.3 Å². The van der Waals surface area contributed by atoms with Crippen LogP contribution in [0.2, 0.25) is 0 Å². The number of aliphatic carboxylic acids is 1.